The number of aromatic nitrogens is 2. The van der Waals surface area contributed by atoms with E-state index in [1.165, 1.54) is 12.1 Å². The van der Waals surface area contributed by atoms with Gasteiger partial charge in [-0.2, -0.15) is 0 Å². The van der Waals surface area contributed by atoms with Gasteiger partial charge in [0.25, 0.3) is 5.91 Å². The van der Waals surface area contributed by atoms with Crippen molar-refractivity contribution in [2.24, 2.45) is 0 Å². The Morgan fingerprint density at radius 1 is 0.800 bits per heavy atom. The van der Waals surface area contributed by atoms with Gasteiger partial charge in [-0.15, -0.1) is 0 Å². The SMILES string of the molecule is O=C(O)c1ccc(CNC(=O)c2ccc(Nc3ccccc3)c3ccn(Cc4ccc5ccccc5n4)c23)cc1. The van der Waals surface area contributed by atoms with Crippen molar-refractivity contribution in [1.82, 2.24) is 14.9 Å². The molecule has 0 bridgehead atoms. The summed E-state index contributed by atoms with van der Waals surface area (Å²) in [5, 5.41) is 17.6. The Morgan fingerprint density at radius 2 is 1.57 bits per heavy atom. The Balaban J connectivity index is 1.34. The summed E-state index contributed by atoms with van der Waals surface area (Å²) in [6.45, 7) is 0.775. The van der Waals surface area contributed by atoms with Crippen LogP contribution in [0, 0.1) is 0 Å². The van der Waals surface area contributed by atoms with Gasteiger partial charge in [-0.3, -0.25) is 9.78 Å². The van der Waals surface area contributed by atoms with Crippen LogP contribution in [0.4, 0.5) is 11.4 Å². The number of hydrogen-bond acceptors (Lipinski definition) is 4. The summed E-state index contributed by atoms with van der Waals surface area (Å²) in [5.74, 6) is -1.20. The van der Waals surface area contributed by atoms with Crippen molar-refractivity contribution in [3.8, 4) is 0 Å². The molecule has 0 radical (unpaired) electrons. The van der Waals surface area contributed by atoms with Crippen LogP contribution in [0.1, 0.15) is 32.0 Å². The van der Waals surface area contributed by atoms with E-state index >= 15 is 0 Å². The van der Waals surface area contributed by atoms with E-state index in [1.807, 2.05) is 85.1 Å². The fourth-order valence-corrected chi connectivity index (χ4v) is 4.84. The van der Waals surface area contributed by atoms with E-state index in [-0.39, 0.29) is 18.0 Å². The summed E-state index contributed by atoms with van der Waals surface area (Å²) in [6.07, 6.45) is 1.99. The zero-order valence-electron chi connectivity index (χ0n) is 21.5. The summed E-state index contributed by atoms with van der Waals surface area (Å²) >= 11 is 0. The van der Waals surface area contributed by atoms with Gasteiger partial charge in [0.1, 0.15) is 0 Å². The zero-order chi connectivity index (χ0) is 27.5. The van der Waals surface area contributed by atoms with Crippen LogP contribution in [0.3, 0.4) is 0 Å². The van der Waals surface area contributed by atoms with Crippen molar-refractivity contribution in [2.45, 2.75) is 13.1 Å². The van der Waals surface area contributed by atoms with Crippen molar-refractivity contribution in [3.63, 3.8) is 0 Å². The molecule has 40 heavy (non-hydrogen) atoms. The minimum atomic E-state index is -0.983. The maximum absolute atomic E-state index is 13.5. The quantitative estimate of drug-likeness (QED) is 0.207. The number of benzene rings is 4. The molecule has 0 fully saturated rings. The molecule has 0 saturated carbocycles. The highest BCUT2D eigenvalue weighted by Crippen LogP contribution is 2.31. The monoisotopic (exact) mass is 526 g/mol. The number of para-hydroxylation sites is 2. The van der Waals surface area contributed by atoms with Crippen LogP contribution >= 0.6 is 0 Å². The Morgan fingerprint density at radius 3 is 2.38 bits per heavy atom. The normalized spacial score (nSPS) is 11.0. The molecule has 7 nitrogen and oxygen atoms in total. The molecule has 0 unspecified atom stereocenters. The van der Waals surface area contributed by atoms with Crippen LogP contribution in [-0.2, 0) is 13.1 Å². The minimum absolute atomic E-state index is 0.207. The topological polar surface area (TPSA) is 96.3 Å². The first-order chi connectivity index (χ1) is 19.5. The highest BCUT2D eigenvalue weighted by molar-refractivity contribution is 6.09. The molecular formula is C33H26N4O3. The van der Waals surface area contributed by atoms with Crippen LogP contribution in [0.5, 0.6) is 0 Å². The van der Waals surface area contributed by atoms with E-state index in [1.54, 1.807) is 12.1 Å². The second-order valence-electron chi connectivity index (χ2n) is 9.54. The molecule has 0 aliphatic rings. The average molecular weight is 527 g/mol. The third-order valence-corrected chi connectivity index (χ3v) is 6.87. The van der Waals surface area contributed by atoms with Gasteiger partial charge >= 0.3 is 5.97 Å². The summed E-state index contributed by atoms with van der Waals surface area (Å²) < 4.78 is 2.05. The van der Waals surface area contributed by atoms with E-state index < -0.39 is 5.97 Å². The van der Waals surface area contributed by atoms with Crippen LogP contribution in [0.25, 0.3) is 21.8 Å². The molecule has 7 heteroatoms. The third-order valence-electron chi connectivity index (χ3n) is 6.87. The van der Waals surface area contributed by atoms with Gasteiger partial charge in [-0.1, -0.05) is 54.6 Å². The summed E-state index contributed by atoms with van der Waals surface area (Å²) in [6, 6.07) is 34.3. The molecule has 0 saturated heterocycles. The van der Waals surface area contributed by atoms with E-state index in [0.29, 0.717) is 12.1 Å². The van der Waals surface area contributed by atoms with E-state index in [9.17, 15) is 9.59 Å². The number of nitrogens with one attached hydrogen (secondary N) is 2. The molecule has 0 spiro atoms. The van der Waals surface area contributed by atoms with Crippen molar-refractivity contribution in [3.05, 3.63) is 138 Å². The van der Waals surface area contributed by atoms with Crippen LogP contribution in [0.15, 0.2) is 115 Å². The lowest BCUT2D eigenvalue weighted by atomic mass is 10.1. The molecule has 1 amide bonds. The fourth-order valence-electron chi connectivity index (χ4n) is 4.84. The largest absolute Gasteiger partial charge is 0.478 e. The highest BCUT2D eigenvalue weighted by atomic mass is 16.4. The Hall–Kier alpha value is -5.43. The molecule has 3 N–H and O–H groups in total. The van der Waals surface area contributed by atoms with Crippen LogP contribution < -0.4 is 10.6 Å². The predicted octanol–water partition coefficient (Wildman–Crippen LogP) is 6.61. The molecule has 196 valence electrons. The Bertz CT molecular complexity index is 1840. The summed E-state index contributed by atoms with van der Waals surface area (Å²) in [7, 11) is 0. The van der Waals surface area contributed by atoms with Gasteiger partial charge in [0.2, 0.25) is 0 Å². The standard InChI is InChI=1S/C33H26N4O3/c38-32(34-20-22-10-12-24(13-11-22)33(39)40)28-16-17-30(35-25-7-2-1-3-8-25)27-18-19-37(31(27)28)21-26-15-14-23-6-4-5-9-29(23)36-26/h1-19,35H,20-21H2,(H,34,38)(H,39,40). The molecule has 0 aliphatic heterocycles. The minimum Gasteiger partial charge on any atom is -0.478 e. The number of nitrogens with zero attached hydrogens (tertiary/aromatic N) is 2. The van der Waals surface area contributed by atoms with E-state index in [4.69, 9.17) is 10.1 Å². The molecule has 4 aromatic carbocycles. The number of pyridine rings is 1. The van der Waals surface area contributed by atoms with Crippen molar-refractivity contribution < 1.29 is 14.7 Å². The van der Waals surface area contributed by atoms with Gasteiger partial charge in [-0.05, 0) is 60.2 Å². The summed E-state index contributed by atoms with van der Waals surface area (Å²) in [4.78, 5) is 29.5. The lowest BCUT2D eigenvalue weighted by Gasteiger charge is -2.14. The number of fused-ring (bicyclic) bond motifs is 2. The molecular weight excluding hydrogens is 500 g/mol. The Kier molecular flexibility index (Phi) is 6.68. The number of carbonyl (C=O) groups excluding carboxylic acids is 1. The fraction of sp³-hybridized carbons (Fsp3) is 0.0606. The summed E-state index contributed by atoms with van der Waals surface area (Å²) in [5.41, 5.74) is 6.03. The lowest BCUT2D eigenvalue weighted by Crippen LogP contribution is -2.23. The first-order valence-electron chi connectivity index (χ1n) is 12.9. The second-order valence-corrected chi connectivity index (χ2v) is 9.54. The predicted molar refractivity (Wildman–Crippen MR) is 157 cm³/mol. The molecule has 6 aromatic rings. The highest BCUT2D eigenvalue weighted by Gasteiger charge is 2.17. The third kappa shape index (κ3) is 5.13. The van der Waals surface area contributed by atoms with Crippen molar-refractivity contribution >= 4 is 45.1 Å². The number of rotatable bonds is 8. The maximum atomic E-state index is 13.5. The van der Waals surface area contributed by atoms with Crippen LogP contribution in [-0.4, -0.2) is 26.5 Å². The maximum Gasteiger partial charge on any atom is 0.335 e. The number of carboxylic acids is 1. The Labute approximate surface area is 230 Å². The number of hydrogen-bond donors (Lipinski definition) is 3. The molecule has 0 aliphatic carbocycles. The number of carbonyl (C=O) groups is 2. The lowest BCUT2D eigenvalue weighted by molar-refractivity contribution is 0.0696. The van der Waals surface area contributed by atoms with Crippen LogP contribution in [0.2, 0.25) is 0 Å². The van der Waals surface area contributed by atoms with Crippen molar-refractivity contribution in [2.75, 3.05) is 5.32 Å². The molecule has 0 atom stereocenters. The number of amides is 1. The zero-order valence-corrected chi connectivity index (χ0v) is 21.5. The average Bonchev–Trinajstić information content (AvgIpc) is 3.40. The second kappa shape index (κ2) is 10.7. The van der Waals surface area contributed by atoms with E-state index in [2.05, 4.69) is 21.3 Å². The molecule has 2 aromatic heterocycles. The number of anilines is 2. The van der Waals surface area contributed by atoms with Gasteiger partial charge in [0, 0.05) is 34.9 Å². The van der Waals surface area contributed by atoms with E-state index in [0.717, 1.165) is 44.4 Å². The number of carboxylic acid groups (broad SMARTS) is 1. The molecule has 2 heterocycles. The van der Waals surface area contributed by atoms with Crippen molar-refractivity contribution in [1.29, 1.82) is 0 Å². The smallest absolute Gasteiger partial charge is 0.335 e. The first kappa shape index (κ1) is 24.9. The van der Waals surface area contributed by atoms with Gasteiger partial charge < -0.3 is 20.3 Å². The molecule has 6 rings (SSSR count). The number of aromatic carboxylic acids is 1. The van der Waals surface area contributed by atoms with Gasteiger partial charge in [0.05, 0.1) is 34.4 Å². The van der Waals surface area contributed by atoms with Gasteiger partial charge in [-0.25, -0.2) is 4.79 Å². The van der Waals surface area contributed by atoms with Gasteiger partial charge in [0.15, 0.2) is 0 Å². The first-order valence-corrected chi connectivity index (χ1v) is 12.9.